The van der Waals surface area contributed by atoms with Crippen LogP contribution in [0.4, 0.5) is 5.69 Å². The molecule has 0 spiro atoms. The molecule has 2 aromatic carbocycles. The minimum atomic E-state index is 0.0405. The number of nitrogens with one attached hydrogen (secondary N) is 1. The molecule has 1 saturated heterocycles. The molecule has 2 aromatic rings. The lowest BCUT2D eigenvalue weighted by Crippen LogP contribution is -2.40. The Bertz CT molecular complexity index is 714. The standard InChI is InChI=1S/C21H25ClN2O/c1-2-16-8-10-20(11-9-16)23-21(25)18-6-4-12-24(15-18)14-17-5-3-7-19(22)13-17/h3,5,7-11,13,18H,2,4,6,12,14-15H2,1H3,(H,23,25). The first-order valence-corrected chi connectivity index (χ1v) is 9.38. The number of benzene rings is 2. The minimum absolute atomic E-state index is 0.0405. The summed E-state index contributed by atoms with van der Waals surface area (Å²) >= 11 is 6.07. The molecule has 1 heterocycles. The molecule has 1 aliphatic rings. The fourth-order valence-electron chi connectivity index (χ4n) is 3.37. The van der Waals surface area contributed by atoms with Crippen LogP contribution in [-0.4, -0.2) is 23.9 Å². The van der Waals surface area contributed by atoms with Crippen LogP contribution in [-0.2, 0) is 17.8 Å². The van der Waals surface area contributed by atoms with Crippen LogP contribution < -0.4 is 5.32 Å². The van der Waals surface area contributed by atoms with Gasteiger partial charge < -0.3 is 5.32 Å². The molecule has 1 fully saturated rings. The van der Waals surface area contributed by atoms with Crippen LogP contribution >= 0.6 is 11.6 Å². The van der Waals surface area contributed by atoms with Crippen LogP contribution in [0.2, 0.25) is 5.02 Å². The summed E-state index contributed by atoms with van der Waals surface area (Å²) in [5.74, 6) is 0.166. The number of rotatable bonds is 5. The number of amides is 1. The number of carbonyl (C=O) groups is 1. The normalized spacial score (nSPS) is 18.1. The molecule has 1 atom stereocenters. The van der Waals surface area contributed by atoms with Gasteiger partial charge in [0.05, 0.1) is 5.92 Å². The van der Waals surface area contributed by atoms with E-state index in [1.165, 1.54) is 11.1 Å². The lowest BCUT2D eigenvalue weighted by Gasteiger charge is -2.32. The van der Waals surface area contributed by atoms with E-state index in [9.17, 15) is 4.79 Å². The summed E-state index contributed by atoms with van der Waals surface area (Å²) in [6.45, 7) is 4.80. The van der Waals surface area contributed by atoms with E-state index in [1.54, 1.807) is 0 Å². The van der Waals surface area contributed by atoms with Gasteiger partial charge in [0.2, 0.25) is 5.91 Å². The number of halogens is 1. The van der Waals surface area contributed by atoms with Gasteiger partial charge in [0.1, 0.15) is 0 Å². The van der Waals surface area contributed by atoms with E-state index in [1.807, 2.05) is 30.3 Å². The van der Waals surface area contributed by atoms with Crippen molar-refractivity contribution in [2.45, 2.75) is 32.7 Å². The molecule has 3 rings (SSSR count). The van der Waals surface area contributed by atoms with Gasteiger partial charge in [0.15, 0.2) is 0 Å². The third-order valence-electron chi connectivity index (χ3n) is 4.80. The summed E-state index contributed by atoms with van der Waals surface area (Å²) in [7, 11) is 0. The Morgan fingerprint density at radius 2 is 2.00 bits per heavy atom. The molecule has 0 bridgehead atoms. The van der Waals surface area contributed by atoms with Crippen LogP contribution in [0.15, 0.2) is 48.5 Å². The second-order valence-corrected chi connectivity index (χ2v) is 7.18. The second-order valence-electron chi connectivity index (χ2n) is 6.74. The van der Waals surface area contributed by atoms with Gasteiger partial charge >= 0.3 is 0 Å². The first-order chi connectivity index (χ1) is 12.1. The number of aryl methyl sites for hydroxylation is 1. The molecule has 1 amide bonds. The van der Waals surface area contributed by atoms with Crippen LogP contribution in [0, 0.1) is 5.92 Å². The van der Waals surface area contributed by atoms with E-state index in [-0.39, 0.29) is 11.8 Å². The van der Waals surface area contributed by atoms with E-state index >= 15 is 0 Å². The van der Waals surface area contributed by atoms with Crippen molar-refractivity contribution in [2.24, 2.45) is 5.92 Å². The molecule has 1 aliphatic heterocycles. The highest BCUT2D eigenvalue weighted by atomic mass is 35.5. The van der Waals surface area contributed by atoms with Crippen LogP contribution in [0.25, 0.3) is 0 Å². The molecular formula is C21H25ClN2O. The monoisotopic (exact) mass is 356 g/mol. The Morgan fingerprint density at radius 3 is 2.72 bits per heavy atom. The molecular weight excluding hydrogens is 332 g/mol. The highest BCUT2D eigenvalue weighted by Crippen LogP contribution is 2.21. The van der Waals surface area contributed by atoms with E-state index in [4.69, 9.17) is 11.6 Å². The number of piperidine rings is 1. The largest absolute Gasteiger partial charge is 0.326 e. The van der Waals surface area contributed by atoms with Crippen LogP contribution in [0.1, 0.15) is 30.9 Å². The average Bonchev–Trinajstić information content (AvgIpc) is 2.62. The summed E-state index contributed by atoms with van der Waals surface area (Å²) in [4.78, 5) is 15.0. The Balaban J connectivity index is 1.57. The van der Waals surface area contributed by atoms with Crippen molar-refractivity contribution in [1.29, 1.82) is 0 Å². The summed E-state index contributed by atoms with van der Waals surface area (Å²) in [6, 6.07) is 16.1. The maximum absolute atomic E-state index is 12.6. The van der Waals surface area contributed by atoms with Crippen molar-refractivity contribution in [3.05, 3.63) is 64.7 Å². The highest BCUT2D eigenvalue weighted by molar-refractivity contribution is 6.30. The number of carbonyl (C=O) groups excluding carboxylic acids is 1. The highest BCUT2D eigenvalue weighted by Gasteiger charge is 2.25. The van der Waals surface area contributed by atoms with Crippen LogP contribution in [0.5, 0.6) is 0 Å². The van der Waals surface area contributed by atoms with E-state index in [0.29, 0.717) is 0 Å². The van der Waals surface area contributed by atoms with Gasteiger partial charge in [0, 0.05) is 23.8 Å². The molecule has 1 unspecified atom stereocenters. The maximum Gasteiger partial charge on any atom is 0.228 e. The molecule has 4 heteroatoms. The topological polar surface area (TPSA) is 32.3 Å². The lowest BCUT2D eigenvalue weighted by molar-refractivity contribution is -0.121. The van der Waals surface area contributed by atoms with Crippen molar-refractivity contribution in [3.8, 4) is 0 Å². The van der Waals surface area contributed by atoms with E-state index in [0.717, 1.165) is 49.6 Å². The van der Waals surface area contributed by atoms with Gasteiger partial charge in [-0.15, -0.1) is 0 Å². The Morgan fingerprint density at radius 1 is 1.20 bits per heavy atom. The molecule has 25 heavy (non-hydrogen) atoms. The molecule has 0 saturated carbocycles. The van der Waals surface area contributed by atoms with Crippen molar-refractivity contribution in [1.82, 2.24) is 4.90 Å². The molecule has 0 aliphatic carbocycles. The van der Waals surface area contributed by atoms with Gasteiger partial charge in [-0.1, -0.05) is 42.8 Å². The van der Waals surface area contributed by atoms with Crippen molar-refractivity contribution >= 4 is 23.2 Å². The average molecular weight is 357 g/mol. The van der Waals surface area contributed by atoms with Gasteiger partial charge in [-0.2, -0.15) is 0 Å². The Kier molecular flexibility index (Phi) is 6.11. The van der Waals surface area contributed by atoms with Crippen molar-refractivity contribution in [3.63, 3.8) is 0 Å². The van der Waals surface area contributed by atoms with E-state index in [2.05, 4.69) is 35.3 Å². The van der Waals surface area contributed by atoms with Gasteiger partial charge in [-0.3, -0.25) is 9.69 Å². The number of likely N-dealkylation sites (tertiary alicyclic amines) is 1. The number of anilines is 1. The number of hydrogen-bond donors (Lipinski definition) is 1. The zero-order valence-corrected chi connectivity index (χ0v) is 15.4. The molecule has 0 radical (unpaired) electrons. The second kappa shape index (κ2) is 8.50. The van der Waals surface area contributed by atoms with Crippen molar-refractivity contribution in [2.75, 3.05) is 18.4 Å². The predicted molar refractivity (Wildman–Crippen MR) is 104 cm³/mol. The molecule has 0 aromatic heterocycles. The molecule has 1 N–H and O–H groups in total. The first-order valence-electron chi connectivity index (χ1n) is 9.00. The Hall–Kier alpha value is -1.84. The third kappa shape index (κ3) is 5.07. The van der Waals surface area contributed by atoms with Crippen molar-refractivity contribution < 1.29 is 4.79 Å². The Labute approximate surface area is 155 Å². The SMILES string of the molecule is CCc1ccc(NC(=O)C2CCCN(Cc3cccc(Cl)c3)C2)cc1. The summed E-state index contributed by atoms with van der Waals surface area (Å²) in [5, 5.41) is 3.83. The molecule has 132 valence electrons. The third-order valence-corrected chi connectivity index (χ3v) is 5.04. The zero-order valence-electron chi connectivity index (χ0n) is 14.7. The lowest BCUT2D eigenvalue weighted by atomic mass is 9.96. The fourth-order valence-corrected chi connectivity index (χ4v) is 3.59. The fraction of sp³-hybridized carbons (Fsp3) is 0.381. The predicted octanol–water partition coefficient (Wildman–Crippen LogP) is 4.75. The number of nitrogens with zero attached hydrogens (tertiary/aromatic N) is 1. The molecule has 3 nitrogen and oxygen atoms in total. The summed E-state index contributed by atoms with van der Waals surface area (Å²) < 4.78 is 0. The number of hydrogen-bond acceptors (Lipinski definition) is 2. The van der Waals surface area contributed by atoms with Gasteiger partial charge in [-0.25, -0.2) is 0 Å². The minimum Gasteiger partial charge on any atom is -0.326 e. The first kappa shape index (κ1) is 18.0. The quantitative estimate of drug-likeness (QED) is 0.838. The maximum atomic E-state index is 12.6. The van der Waals surface area contributed by atoms with Crippen LogP contribution in [0.3, 0.4) is 0 Å². The zero-order chi connectivity index (χ0) is 17.6. The summed E-state index contributed by atoms with van der Waals surface area (Å²) in [5.41, 5.74) is 3.36. The summed E-state index contributed by atoms with van der Waals surface area (Å²) in [6.07, 6.45) is 3.01. The van der Waals surface area contributed by atoms with Gasteiger partial charge in [0.25, 0.3) is 0 Å². The van der Waals surface area contributed by atoms with E-state index < -0.39 is 0 Å². The smallest absolute Gasteiger partial charge is 0.228 e. The van der Waals surface area contributed by atoms with Gasteiger partial charge in [-0.05, 0) is 61.2 Å².